The Kier molecular flexibility index (Phi) is 4.65. The van der Waals surface area contributed by atoms with E-state index in [0.29, 0.717) is 12.3 Å². The molecule has 2 aromatic rings. The highest BCUT2D eigenvalue weighted by molar-refractivity contribution is 7.07. The second-order valence-electron chi connectivity index (χ2n) is 5.68. The van der Waals surface area contributed by atoms with Gasteiger partial charge >= 0.3 is 0 Å². The van der Waals surface area contributed by atoms with E-state index in [-0.39, 0.29) is 5.91 Å². The molecule has 1 saturated heterocycles. The van der Waals surface area contributed by atoms with Crippen LogP contribution in [-0.2, 0) is 17.6 Å². The summed E-state index contributed by atoms with van der Waals surface area (Å²) in [5, 5.41) is 4.09. The molecule has 0 aromatic carbocycles. The summed E-state index contributed by atoms with van der Waals surface area (Å²) in [7, 11) is 0. The first-order valence-corrected chi connectivity index (χ1v) is 8.44. The number of aromatic nitrogens is 1. The topological polar surface area (TPSA) is 33.2 Å². The van der Waals surface area contributed by atoms with Crippen LogP contribution in [0.2, 0.25) is 0 Å². The number of piperidine rings is 1. The van der Waals surface area contributed by atoms with Crippen LogP contribution in [0.25, 0.3) is 0 Å². The Balaban J connectivity index is 1.56. The summed E-state index contributed by atoms with van der Waals surface area (Å²) in [6, 6.07) is 8.09. The van der Waals surface area contributed by atoms with Gasteiger partial charge in [0.2, 0.25) is 5.91 Å². The number of hydrogen-bond acceptors (Lipinski definition) is 3. The highest BCUT2D eigenvalue weighted by Crippen LogP contribution is 2.21. The second-order valence-corrected chi connectivity index (χ2v) is 6.46. The van der Waals surface area contributed by atoms with Crippen LogP contribution < -0.4 is 0 Å². The van der Waals surface area contributed by atoms with Gasteiger partial charge in [0.25, 0.3) is 0 Å². The van der Waals surface area contributed by atoms with Gasteiger partial charge in [0.05, 0.1) is 6.42 Å². The van der Waals surface area contributed by atoms with Crippen molar-refractivity contribution in [2.45, 2.75) is 25.7 Å². The number of carbonyl (C=O) groups excluding carboxylic acids is 1. The van der Waals surface area contributed by atoms with Gasteiger partial charge in [-0.25, -0.2) is 0 Å². The molecular weight excluding hydrogens is 280 g/mol. The van der Waals surface area contributed by atoms with Crippen molar-refractivity contribution in [3.8, 4) is 0 Å². The van der Waals surface area contributed by atoms with Crippen LogP contribution in [-0.4, -0.2) is 28.9 Å². The van der Waals surface area contributed by atoms with Gasteiger partial charge in [-0.05, 0) is 59.7 Å². The van der Waals surface area contributed by atoms with Gasteiger partial charge in [0, 0.05) is 25.0 Å². The average Bonchev–Trinajstić information content (AvgIpc) is 3.01. The van der Waals surface area contributed by atoms with Crippen molar-refractivity contribution in [2.75, 3.05) is 13.1 Å². The zero-order valence-corrected chi connectivity index (χ0v) is 12.9. The van der Waals surface area contributed by atoms with Crippen molar-refractivity contribution in [2.24, 2.45) is 5.92 Å². The van der Waals surface area contributed by atoms with Crippen molar-refractivity contribution >= 4 is 17.2 Å². The lowest BCUT2D eigenvalue weighted by molar-refractivity contribution is -0.132. The molecule has 0 unspecified atom stereocenters. The minimum atomic E-state index is 0.263. The Morgan fingerprint density at radius 2 is 2.33 bits per heavy atom. The Morgan fingerprint density at radius 1 is 1.38 bits per heavy atom. The second kappa shape index (κ2) is 6.85. The van der Waals surface area contributed by atoms with E-state index in [9.17, 15) is 4.79 Å². The maximum absolute atomic E-state index is 12.4. The normalized spacial score (nSPS) is 18.7. The lowest BCUT2D eigenvalue weighted by Crippen LogP contribution is -2.41. The lowest BCUT2D eigenvalue weighted by Gasteiger charge is -2.32. The number of amides is 1. The molecule has 1 atom stereocenters. The van der Waals surface area contributed by atoms with E-state index in [2.05, 4.69) is 16.4 Å². The molecule has 110 valence electrons. The molecule has 0 aliphatic carbocycles. The van der Waals surface area contributed by atoms with Gasteiger partial charge < -0.3 is 4.90 Å². The van der Waals surface area contributed by atoms with E-state index >= 15 is 0 Å². The number of likely N-dealkylation sites (tertiary alicyclic amines) is 1. The van der Waals surface area contributed by atoms with E-state index in [1.807, 2.05) is 34.7 Å². The minimum Gasteiger partial charge on any atom is -0.342 e. The summed E-state index contributed by atoms with van der Waals surface area (Å²) in [6.45, 7) is 1.78. The average molecular weight is 300 g/mol. The van der Waals surface area contributed by atoms with Crippen LogP contribution >= 0.6 is 11.3 Å². The summed E-state index contributed by atoms with van der Waals surface area (Å²) < 4.78 is 0. The van der Waals surface area contributed by atoms with Crippen molar-refractivity contribution in [3.63, 3.8) is 0 Å². The van der Waals surface area contributed by atoms with Crippen molar-refractivity contribution in [1.82, 2.24) is 9.88 Å². The zero-order chi connectivity index (χ0) is 14.5. The number of hydrogen-bond donors (Lipinski definition) is 0. The van der Waals surface area contributed by atoms with Crippen molar-refractivity contribution < 1.29 is 4.79 Å². The number of thiophene rings is 1. The van der Waals surface area contributed by atoms with Crippen molar-refractivity contribution in [3.05, 3.63) is 52.5 Å². The molecule has 21 heavy (non-hydrogen) atoms. The van der Waals surface area contributed by atoms with Crippen LogP contribution in [0.4, 0.5) is 0 Å². The molecule has 1 amide bonds. The van der Waals surface area contributed by atoms with Crippen LogP contribution in [0.1, 0.15) is 24.1 Å². The lowest BCUT2D eigenvalue weighted by atomic mass is 9.93. The number of carbonyl (C=O) groups is 1. The fourth-order valence-electron chi connectivity index (χ4n) is 2.95. The van der Waals surface area contributed by atoms with Gasteiger partial charge in [-0.1, -0.05) is 6.07 Å². The Bertz CT molecular complexity index is 568. The Hall–Kier alpha value is -1.68. The van der Waals surface area contributed by atoms with E-state index < -0.39 is 0 Å². The first kappa shape index (κ1) is 14.3. The summed E-state index contributed by atoms with van der Waals surface area (Å²) in [5.41, 5.74) is 2.27. The maximum atomic E-state index is 12.4. The molecule has 0 radical (unpaired) electrons. The summed E-state index contributed by atoms with van der Waals surface area (Å²) in [6.07, 6.45) is 5.66. The largest absolute Gasteiger partial charge is 0.342 e. The standard InChI is InChI=1S/C17H20N2OS/c20-17(11-15-6-9-21-13-15)19-8-3-4-14(12-19)10-16-5-1-2-7-18-16/h1-2,5-7,9,13-14H,3-4,8,10-12H2/t14-/m0/s1. The van der Waals surface area contributed by atoms with E-state index in [4.69, 9.17) is 0 Å². The molecule has 3 heterocycles. The molecule has 0 saturated carbocycles. The molecule has 0 N–H and O–H groups in total. The fraction of sp³-hybridized carbons (Fsp3) is 0.412. The monoisotopic (exact) mass is 300 g/mol. The summed E-state index contributed by atoms with van der Waals surface area (Å²) in [5.74, 6) is 0.805. The van der Waals surface area contributed by atoms with Gasteiger partial charge in [-0.15, -0.1) is 0 Å². The third-order valence-electron chi connectivity index (χ3n) is 4.03. The molecule has 1 aliphatic heterocycles. The van der Waals surface area contributed by atoms with E-state index in [1.165, 1.54) is 6.42 Å². The highest BCUT2D eigenvalue weighted by Gasteiger charge is 2.24. The number of rotatable bonds is 4. The van der Waals surface area contributed by atoms with Crippen LogP contribution in [0, 0.1) is 5.92 Å². The third kappa shape index (κ3) is 3.91. The minimum absolute atomic E-state index is 0.263. The van der Waals surface area contributed by atoms with Crippen molar-refractivity contribution in [1.29, 1.82) is 0 Å². The first-order chi connectivity index (χ1) is 10.3. The molecular formula is C17H20N2OS. The van der Waals surface area contributed by atoms with Crippen LogP contribution in [0.5, 0.6) is 0 Å². The SMILES string of the molecule is O=C(Cc1ccsc1)N1CCC[C@@H](Cc2ccccn2)C1. The highest BCUT2D eigenvalue weighted by atomic mass is 32.1. The van der Waals surface area contributed by atoms with Gasteiger partial charge in [-0.2, -0.15) is 11.3 Å². The van der Waals surface area contributed by atoms with E-state index in [1.54, 1.807) is 11.3 Å². The molecule has 1 aliphatic rings. The zero-order valence-electron chi connectivity index (χ0n) is 12.1. The van der Waals surface area contributed by atoms with Crippen LogP contribution in [0.15, 0.2) is 41.2 Å². The smallest absolute Gasteiger partial charge is 0.227 e. The predicted molar refractivity (Wildman–Crippen MR) is 85.3 cm³/mol. The van der Waals surface area contributed by atoms with Gasteiger partial charge in [0.15, 0.2) is 0 Å². The Labute approximate surface area is 129 Å². The van der Waals surface area contributed by atoms with Gasteiger partial charge in [0.1, 0.15) is 0 Å². The molecule has 1 fully saturated rings. The maximum Gasteiger partial charge on any atom is 0.227 e. The summed E-state index contributed by atoms with van der Waals surface area (Å²) in [4.78, 5) is 18.8. The van der Waals surface area contributed by atoms with E-state index in [0.717, 1.165) is 37.2 Å². The molecule has 0 bridgehead atoms. The Morgan fingerprint density at radius 3 is 3.10 bits per heavy atom. The predicted octanol–water partition coefficient (Wildman–Crippen LogP) is 3.17. The summed E-state index contributed by atoms with van der Waals surface area (Å²) >= 11 is 1.65. The number of pyridine rings is 1. The fourth-order valence-corrected chi connectivity index (χ4v) is 3.62. The molecule has 0 spiro atoms. The quantitative estimate of drug-likeness (QED) is 0.869. The molecule has 3 rings (SSSR count). The molecule has 3 nitrogen and oxygen atoms in total. The van der Waals surface area contributed by atoms with Crippen LogP contribution in [0.3, 0.4) is 0 Å². The molecule has 2 aromatic heterocycles. The third-order valence-corrected chi connectivity index (χ3v) is 4.76. The number of nitrogens with zero attached hydrogens (tertiary/aromatic N) is 2. The molecule has 4 heteroatoms. The van der Waals surface area contributed by atoms with Gasteiger partial charge in [-0.3, -0.25) is 9.78 Å². The first-order valence-electron chi connectivity index (χ1n) is 7.50.